The lowest BCUT2D eigenvalue weighted by Gasteiger charge is -2.17. The number of nitriles is 1. The van der Waals surface area contributed by atoms with E-state index < -0.39 is 17.1 Å². The summed E-state index contributed by atoms with van der Waals surface area (Å²) in [5.41, 5.74) is 4.62. The zero-order valence-electron chi connectivity index (χ0n) is 27.9. The number of nitrogens with zero attached hydrogens (tertiary/aromatic N) is 1. The zero-order valence-corrected chi connectivity index (χ0v) is 29.5. The molecule has 0 saturated heterocycles. The van der Waals surface area contributed by atoms with Gasteiger partial charge in [-0.2, -0.15) is 5.26 Å². The van der Waals surface area contributed by atoms with Gasteiger partial charge >= 0.3 is 0 Å². The van der Waals surface area contributed by atoms with Crippen LogP contribution in [0.15, 0.2) is 106 Å². The molecule has 0 saturated carbocycles. The Bertz CT molecular complexity index is 2090. The third-order valence-electron chi connectivity index (χ3n) is 8.43. The van der Waals surface area contributed by atoms with Gasteiger partial charge < -0.3 is 20.4 Å². The highest BCUT2D eigenvalue weighted by Crippen LogP contribution is 2.39. The fourth-order valence-corrected chi connectivity index (χ4v) is 7.86. The smallest absolute Gasteiger partial charge is 0.272 e. The fraction of sp³-hybridized carbons (Fsp3) is 0.200. The normalized spacial score (nSPS) is 14.6. The largest absolute Gasteiger partial charge is 0.457 e. The van der Waals surface area contributed by atoms with Crippen LogP contribution in [0.2, 0.25) is 0 Å². The van der Waals surface area contributed by atoms with E-state index in [2.05, 4.69) is 28.9 Å². The topological polar surface area (TPSA) is 124 Å². The molecule has 0 spiro atoms. The lowest BCUT2D eigenvalue weighted by molar-refractivity contribution is -0.115. The Kier molecular flexibility index (Phi) is 10.7. The van der Waals surface area contributed by atoms with Crippen LogP contribution in [0.5, 0.6) is 0 Å². The van der Waals surface area contributed by atoms with Crippen LogP contribution >= 0.6 is 23.1 Å². The molecule has 50 heavy (non-hydrogen) atoms. The minimum atomic E-state index is -0.531. The molecule has 252 valence electrons. The van der Waals surface area contributed by atoms with E-state index in [-0.39, 0.29) is 11.6 Å². The van der Waals surface area contributed by atoms with Gasteiger partial charge in [0.05, 0.1) is 10.8 Å². The third kappa shape index (κ3) is 8.25. The highest BCUT2D eigenvalue weighted by molar-refractivity contribution is 8.00. The number of thioether (sulfide) groups is 1. The summed E-state index contributed by atoms with van der Waals surface area (Å²) in [6.07, 6.45) is 4.36. The van der Waals surface area contributed by atoms with Gasteiger partial charge in [0.1, 0.15) is 28.3 Å². The van der Waals surface area contributed by atoms with Crippen molar-refractivity contribution in [3.63, 3.8) is 0 Å². The molecule has 8 nitrogen and oxygen atoms in total. The Morgan fingerprint density at radius 1 is 0.980 bits per heavy atom. The summed E-state index contributed by atoms with van der Waals surface area (Å²) in [5, 5.41) is 18.6. The molecule has 1 aliphatic rings. The minimum absolute atomic E-state index is 0.00820. The molecule has 0 bridgehead atoms. The molecule has 3 N–H and O–H groups in total. The van der Waals surface area contributed by atoms with Gasteiger partial charge in [-0.15, -0.1) is 23.1 Å². The number of furan rings is 1. The van der Waals surface area contributed by atoms with Crippen molar-refractivity contribution < 1.29 is 18.8 Å². The molecule has 3 amide bonds. The molecule has 0 unspecified atom stereocenters. The maximum absolute atomic E-state index is 13.6. The summed E-state index contributed by atoms with van der Waals surface area (Å²) in [4.78, 5) is 41.8. The molecule has 2 heterocycles. The SMILES string of the molecule is Cc1ccc(-c2ccc(/C=C(\NC(=O)c3ccccc3)C(=O)Nc3ccc(S[C@@H](C)C(=O)Nc4sc5c(c4C#N)CC[C@@H](C)C5)cc3)o2)cc1. The second-order valence-corrected chi connectivity index (χ2v) is 14.9. The number of rotatable bonds is 10. The average Bonchev–Trinajstić information content (AvgIpc) is 3.73. The van der Waals surface area contributed by atoms with Crippen molar-refractivity contribution in [2.45, 2.75) is 50.2 Å². The van der Waals surface area contributed by atoms with Gasteiger partial charge in [0.2, 0.25) is 5.91 Å². The first-order valence-electron chi connectivity index (χ1n) is 16.4. The highest BCUT2D eigenvalue weighted by atomic mass is 32.2. The van der Waals surface area contributed by atoms with Crippen molar-refractivity contribution in [1.82, 2.24) is 5.32 Å². The molecule has 0 aliphatic heterocycles. The number of carbonyl (C=O) groups excluding carboxylic acids is 3. The van der Waals surface area contributed by atoms with E-state index in [4.69, 9.17) is 4.42 Å². The number of anilines is 2. The van der Waals surface area contributed by atoms with Crippen LogP contribution in [0.1, 0.15) is 58.0 Å². The Balaban J connectivity index is 1.13. The number of nitrogens with one attached hydrogen (secondary N) is 3. The van der Waals surface area contributed by atoms with Crippen LogP contribution in [0.4, 0.5) is 10.7 Å². The lowest BCUT2D eigenvalue weighted by Crippen LogP contribution is -2.30. The molecular formula is C40H36N4O4S2. The van der Waals surface area contributed by atoms with Crippen LogP contribution in [0, 0.1) is 24.2 Å². The van der Waals surface area contributed by atoms with Gasteiger partial charge in [-0.3, -0.25) is 14.4 Å². The summed E-state index contributed by atoms with van der Waals surface area (Å²) in [6.45, 7) is 6.05. The standard InChI is InChI=1S/C40H36N4O4S2/c1-24-9-12-27(13-10-24)35-20-16-30(48-35)22-34(43-38(46)28-7-5-4-6-8-28)39(47)42-29-14-17-31(18-15-29)49-26(3)37(45)44-40-33(23-41)32-19-11-25(2)21-36(32)50-40/h4-10,12-18,20,22,25-26H,11,19,21H2,1-3H3,(H,42,47)(H,43,46)(H,44,45)/b34-22-/t25-,26+/m1/s1. The van der Waals surface area contributed by atoms with Gasteiger partial charge in [-0.25, -0.2) is 0 Å². The second-order valence-electron chi connectivity index (χ2n) is 12.3. The summed E-state index contributed by atoms with van der Waals surface area (Å²) in [7, 11) is 0. The summed E-state index contributed by atoms with van der Waals surface area (Å²) >= 11 is 2.89. The molecule has 0 radical (unpaired) electrons. The summed E-state index contributed by atoms with van der Waals surface area (Å²) in [5.74, 6) is 0.464. The van der Waals surface area contributed by atoms with Crippen LogP contribution in [-0.4, -0.2) is 23.0 Å². The number of hydrogen-bond acceptors (Lipinski definition) is 7. The van der Waals surface area contributed by atoms with Gasteiger partial charge in [0.25, 0.3) is 11.8 Å². The first-order valence-corrected chi connectivity index (χ1v) is 18.0. The quantitative estimate of drug-likeness (QED) is 0.0988. The van der Waals surface area contributed by atoms with Crippen LogP contribution in [0.3, 0.4) is 0 Å². The highest BCUT2D eigenvalue weighted by Gasteiger charge is 2.26. The molecule has 10 heteroatoms. The van der Waals surface area contributed by atoms with Crippen molar-refractivity contribution in [3.8, 4) is 17.4 Å². The zero-order chi connectivity index (χ0) is 35.2. The Morgan fingerprint density at radius 3 is 2.44 bits per heavy atom. The van der Waals surface area contributed by atoms with Gasteiger partial charge in [-0.1, -0.05) is 55.0 Å². The van der Waals surface area contributed by atoms with Gasteiger partial charge in [0.15, 0.2) is 0 Å². The molecule has 3 aromatic carbocycles. The van der Waals surface area contributed by atoms with Crippen LogP contribution < -0.4 is 16.0 Å². The Morgan fingerprint density at radius 2 is 1.72 bits per heavy atom. The van der Waals surface area contributed by atoms with Crippen molar-refractivity contribution in [1.29, 1.82) is 5.26 Å². The number of benzene rings is 3. The number of carbonyl (C=O) groups is 3. The third-order valence-corrected chi connectivity index (χ3v) is 10.7. The van der Waals surface area contributed by atoms with Crippen molar-refractivity contribution in [2.75, 3.05) is 10.6 Å². The van der Waals surface area contributed by atoms with Crippen molar-refractivity contribution in [3.05, 3.63) is 130 Å². The number of hydrogen-bond donors (Lipinski definition) is 3. The molecule has 2 atom stereocenters. The first kappa shape index (κ1) is 34.5. The Hall–Kier alpha value is -5.37. The summed E-state index contributed by atoms with van der Waals surface area (Å²) < 4.78 is 6.02. The molecule has 0 fully saturated rings. The number of amides is 3. The van der Waals surface area contributed by atoms with E-state index in [1.807, 2.05) is 62.4 Å². The molecule has 1 aliphatic carbocycles. The fourth-order valence-electron chi connectivity index (χ4n) is 5.63. The molecule has 2 aromatic heterocycles. The molecule has 6 rings (SSSR count). The summed E-state index contributed by atoms with van der Waals surface area (Å²) in [6, 6.07) is 29.6. The van der Waals surface area contributed by atoms with E-state index >= 15 is 0 Å². The monoisotopic (exact) mass is 700 g/mol. The maximum atomic E-state index is 13.6. The Labute approximate surface area is 299 Å². The van der Waals surface area contributed by atoms with E-state index in [0.717, 1.165) is 40.8 Å². The van der Waals surface area contributed by atoms with E-state index in [9.17, 15) is 19.6 Å². The van der Waals surface area contributed by atoms with Crippen LogP contribution in [-0.2, 0) is 22.4 Å². The number of fused-ring (bicyclic) bond motifs is 1. The molecular weight excluding hydrogens is 665 g/mol. The maximum Gasteiger partial charge on any atom is 0.272 e. The number of thiophene rings is 1. The van der Waals surface area contributed by atoms with Crippen molar-refractivity contribution >= 4 is 57.6 Å². The predicted molar refractivity (Wildman–Crippen MR) is 200 cm³/mol. The lowest BCUT2D eigenvalue weighted by atomic mass is 9.89. The average molecular weight is 701 g/mol. The van der Waals surface area contributed by atoms with E-state index in [1.54, 1.807) is 42.5 Å². The van der Waals surface area contributed by atoms with Crippen molar-refractivity contribution in [2.24, 2.45) is 5.92 Å². The number of aryl methyl sites for hydroxylation is 1. The second kappa shape index (κ2) is 15.5. The first-order chi connectivity index (χ1) is 24.2. The van der Waals surface area contributed by atoms with E-state index in [0.29, 0.717) is 39.3 Å². The predicted octanol–water partition coefficient (Wildman–Crippen LogP) is 8.84. The van der Waals surface area contributed by atoms with Crippen LogP contribution in [0.25, 0.3) is 17.4 Å². The van der Waals surface area contributed by atoms with Gasteiger partial charge in [0, 0.05) is 32.7 Å². The van der Waals surface area contributed by atoms with Gasteiger partial charge in [-0.05, 0) is 93.1 Å². The minimum Gasteiger partial charge on any atom is -0.457 e. The van der Waals surface area contributed by atoms with E-state index in [1.165, 1.54) is 34.1 Å². The molecule has 5 aromatic rings.